The van der Waals surface area contributed by atoms with Crippen molar-refractivity contribution in [2.45, 2.75) is 53.5 Å². The first-order chi connectivity index (χ1) is 8.30. The largest absolute Gasteiger partial charge is 2.00 e. The molecule has 7 heteroatoms. The number of aromatic nitrogens is 3. The topological polar surface area (TPSA) is 30.7 Å². The Bertz CT molecular complexity index is 287. The molecule has 22 heavy (non-hydrogen) atoms. The van der Waals surface area contributed by atoms with E-state index in [1.54, 1.807) is 10.9 Å². The monoisotopic (exact) mass is 987 g/mol. The summed E-state index contributed by atoms with van der Waals surface area (Å²) < 4.78 is 1.63. The van der Waals surface area contributed by atoms with Crippen LogP contribution in [-0.4, -0.2) is 15.0 Å². The Morgan fingerprint density at radius 1 is 1.09 bits per heavy atom. The van der Waals surface area contributed by atoms with Crippen molar-refractivity contribution < 1.29 is 84.3 Å². The quantitative estimate of drug-likeness (QED) is 0.418. The molecule has 1 rings (SSSR count). The summed E-state index contributed by atoms with van der Waals surface area (Å²) in [5.41, 5.74) is 1.18. The van der Waals surface area contributed by atoms with Gasteiger partial charge in [0, 0.05) is 42.1 Å². The van der Waals surface area contributed by atoms with Crippen LogP contribution in [0.5, 0.6) is 0 Å². The number of nitrogens with zero attached hydrogens (tertiary/aromatic N) is 3. The van der Waals surface area contributed by atoms with E-state index in [1.165, 1.54) is 6.42 Å². The van der Waals surface area contributed by atoms with Gasteiger partial charge in [0.1, 0.15) is 0 Å². The molecule has 0 aliphatic heterocycles. The van der Waals surface area contributed by atoms with Crippen molar-refractivity contribution >= 4 is 0 Å². The Labute approximate surface area is 196 Å². The minimum Gasteiger partial charge on any atom is -0.360 e. The summed E-state index contributed by atoms with van der Waals surface area (Å²) in [6.07, 6.45) is 5.03. The van der Waals surface area contributed by atoms with Gasteiger partial charge in [0.05, 0.1) is 0 Å². The van der Waals surface area contributed by atoms with Crippen LogP contribution >= 0.6 is 0 Å². The van der Waals surface area contributed by atoms with E-state index in [9.17, 15) is 0 Å². The summed E-state index contributed by atoms with van der Waals surface area (Å²) in [5.74, 6) is 0. The molecule has 1 heterocycles. The molecule has 0 aliphatic rings. The first-order valence-corrected chi connectivity index (χ1v) is 6.40. The van der Waals surface area contributed by atoms with Crippen LogP contribution in [0.2, 0.25) is 0 Å². The maximum atomic E-state index is 3.77. The minimum atomic E-state index is 0. The standard InChI is InChI=1S/C7H15.C5H7N3.C3H7.4W/c1-5-6-7(2,3)4;1-3-8-4-5(2)6-7-8;1-3-2;;;;/h1,5-6H2,2-4H3;4H,1-3H2;1,3H2,2H3;;;;/q-1;-2;-1;;;2*+2. The van der Waals surface area contributed by atoms with Crippen molar-refractivity contribution in [1.29, 1.82) is 0 Å². The van der Waals surface area contributed by atoms with E-state index in [2.05, 4.69) is 58.8 Å². The Morgan fingerprint density at radius 3 is 1.59 bits per heavy atom. The normalized spacial score (nSPS) is 8.14. The first-order valence-electron chi connectivity index (χ1n) is 6.40. The van der Waals surface area contributed by atoms with Crippen molar-refractivity contribution in [2.75, 3.05) is 0 Å². The summed E-state index contributed by atoms with van der Waals surface area (Å²) in [7, 11) is 0. The van der Waals surface area contributed by atoms with Gasteiger partial charge in [0.2, 0.25) is 0 Å². The van der Waals surface area contributed by atoms with Gasteiger partial charge in [-0.1, -0.05) is 51.2 Å². The van der Waals surface area contributed by atoms with Crippen molar-refractivity contribution in [2.24, 2.45) is 5.41 Å². The molecule has 0 aliphatic carbocycles. The summed E-state index contributed by atoms with van der Waals surface area (Å²) in [6.45, 7) is 23.8. The van der Waals surface area contributed by atoms with E-state index in [0.717, 1.165) is 12.8 Å². The van der Waals surface area contributed by atoms with Crippen LogP contribution in [0.15, 0.2) is 6.20 Å². The van der Waals surface area contributed by atoms with Crippen LogP contribution in [0.25, 0.3) is 0 Å². The van der Waals surface area contributed by atoms with E-state index in [0.29, 0.717) is 17.7 Å². The summed E-state index contributed by atoms with van der Waals surface area (Å²) in [5, 5.41) is 7.33. The van der Waals surface area contributed by atoms with E-state index in [4.69, 9.17) is 0 Å². The fourth-order valence-electron chi connectivity index (χ4n) is 0.978. The van der Waals surface area contributed by atoms with Gasteiger partial charge in [-0.05, 0) is 5.41 Å². The summed E-state index contributed by atoms with van der Waals surface area (Å²) >= 11 is 0. The van der Waals surface area contributed by atoms with Gasteiger partial charge in [0.25, 0.3) is 0 Å². The first kappa shape index (κ1) is 39.0. The molecule has 0 saturated carbocycles. The van der Waals surface area contributed by atoms with Crippen molar-refractivity contribution in [1.82, 2.24) is 15.0 Å². The molecule has 0 fully saturated rings. The van der Waals surface area contributed by atoms with Crippen LogP contribution in [0.1, 0.15) is 52.7 Å². The zero-order valence-corrected chi connectivity index (χ0v) is 25.9. The zero-order chi connectivity index (χ0) is 14.6. The van der Waals surface area contributed by atoms with Crippen LogP contribution in [0.3, 0.4) is 0 Å². The van der Waals surface area contributed by atoms with Gasteiger partial charge in [-0.2, -0.15) is 17.9 Å². The molecule has 0 radical (unpaired) electrons. The Kier molecular flexibility index (Phi) is 44.4. The van der Waals surface area contributed by atoms with E-state index >= 15 is 0 Å². The van der Waals surface area contributed by atoms with Gasteiger partial charge < -0.3 is 25.5 Å². The predicted molar refractivity (Wildman–Crippen MR) is 79.5 cm³/mol. The smallest absolute Gasteiger partial charge is 0.360 e. The second kappa shape index (κ2) is 25.0. The maximum absolute atomic E-state index is 3.77. The molecule has 0 unspecified atom stereocenters. The Hall–Kier alpha value is 1.76. The Balaban J connectivity index is -0.0000000431. The van der Waals surface area contributed by atoms with Gasteiger partial charge in [-0.3, -0.25) is 0 Å². The number of hydrogen-bond acceptors (Lipinski definition) is 2. The molecule has 1 aromatic rings. The SMILES string of the molecule is [CH2-]CC.[CH2-]CCC(C)(C)C.[CH2-]Cn1cc([CH2-])nn1.[W+2].[W+2].[W].[W]. The van der Waals surface area contributed by atoms with Crippen molar-refractivity contribution in [3.63, 3.8) is 0 Å². The van der Waals surface area contributed by atoms with E-state index in [1.807, 2.05) is 6.92 Å². The molecule has 0 atom stereocenters. The van der Waals surface area contributed by atoms with E-state index < -0.39 is 0 Å². The van der Waals surface area contributed by atoms with Crippen LogP contribution < -0.4 is 0 Å². The molecular formula is C15H29N3W4. The maximum Gasteiger partial charge on any atom is 2.00 e. The third-order valence-corrected chi connectivity index (χ3v) is 1.74. The van der Waals surface area contributed by atoms with Gasteiger partial charge in [-0.15, -0.1) is 6.54 Å². The molecule has 0 bridgehead atoms. The van der Waals surface area contributed by atoms with Crippen molar-refractivity contribution in [3.05, 3.63) is 39.6 Å². The number of rotatable bonds is 2. The third-order valence-electron chi connectivity index (χ3n) is 1.74. The fourth-order valence-corrected chi connectivity index (χ4v) is 0.978. The van der Waals surface area contributed by atoms with Gasteiger partial charge in [0.15, 0.2) is 0 Å². The van der Waals surface area contributed by atoms with Crippen molar-refractivity contribution in [3.8, 4) is 0 Å². The number of hydrogen-bond donors (Lipinski definition) is 0. The molecule has 3 nitrogen and oxygen atoms in total. The molecule has 0 N–H and O–H groups in total. The van der Waals surface area contributed by atoms with Gasteiger partial charge in [-0.25, -0.2) is 6.92 Å². The zero-order valence-electron chi connectivity index (χ0n) is 14.2. The molecule has 0 spiro atoms. The third kappa shape index (κ3) is 33.4. The average Bonchev–Trinajstić information content (AvgIpc) is 2.64. The van der Waals surface area contributed by atoms with Crippen LogP contribution in [0, 0.1) is 33.1 Å². The molecular weight excluding hydrogens is 958 g/mol. The average molecular weight is 987 g/mol. The molecule has 0 aromatic carbocycles. The van der Waals surface area contributed by atoms with Crippen LogP contribution in [-0.2, 0) is 90.8 Å². The Morgan fingerprint density at radius 2 is 1.50 bits per heavy atom. The molecule has 128 valence electrons. The van der Waals surface area contributed by atoms with Gasteiger partial charge >= 0.3 is 42.1 Å². The minimum absolute atomic E-state index is 0. The fraction of sp³-hybridized carbons (Fsp3) is 0.600. The molecule has 1 aromatic heterocycles. The second-order valence-corrected chi connectivity index (χ2v) is 5.14. The predicted octanol–water partition coefficient (Wildman–Crippen LogP) is 4.16. The van der Waals surface area contributed by atoms with E-state index in [-0.39, 0.29) is 84.3 Å². The molecule has 0 amide bonds. The molecule has 0 saturated heterocycles. The summed E-state index contributed by atoms with van der Waals surface area (Å²) in [4.78, 5) is 0. The second-order valence-electron chi connectivity index (χ2n) is 5.14. The van der Waals surface area contributed by atoms with Crippen LogP contribution in [0.4, 0.5) is 0 Å². The summed E-state index contributed by atoms with van der Waals surface area (Å²) in [6, 6.07) is 0.